The van der Waals surface area contributed by atoms with Crippen molar-refractivity contribution in [2.45, 2.75) is 0 Å². The van der Waals surface area contributed by atoms with E-state index in [1.165, 1.54) is 5.57 Å². The summed E-state index contributed by atoms with van der Waals surface area (Å²) in [5, 5.41) is 3.21. The van der Waals surface area contributed by atoms with Crippen LogP contribution in [0.3, 0.4) is 0 Å². The lowest BCUT2D eigenvalue weighted by Crippen LogP contribution is -2.09. The zero-order chi connectivity index (χ0) is 13.9. The molecular weight excluding hydrogens is 286 g/mol. The Morgan fingerprint density at radius 3 is 2.67 bits per heavy atom. The second-order valence-corrected chi connectivity index (χ2v) is 4.70. The molecule has 0 aromatic heterocycles. The number of fused-ring (bicyclic) bond motifs is 2. The van der Waals surface area contributed by atoms with Crippen molar-refractivity contribution in [2.75, 3.05) is 20.7 Å². The number of likely N-dealkylation sites (N-methyl/N-ethyl adjacent to an activating group) is 1. The zero-order valence-electron chi connectivity index (χ0n) is 12.1. The van der Waals surface area contributed by atoms with E-state index >= 15 is 0 Å². The lowest BCUT2D eigenvalue weighted by Gasteiger charge is -2.12. The highest BCUT2D eigenvalue weighted by molar-refractivity contribution is 5.88. The summed E-state index contributed by atoms with van der Waals surface area (Å²) >= 11 is 0. The molecule has 0 radical (unpaired) electrons. The monoisotopic (exact) mass is 303 g/mol. The van der Waals surface area contributed by atoms with E-state index in [0.717, 1.165) is 34.9 Å². The third-order valence-corrected chi connectivity index (χ3v) is 3.37. The number of nitrogens with one attached hydrogen (secondary N) is 1. The fraction of sp³-hybridized carbons (Fsp3) is 0.176. The van der Waals surface area contributed by atoms with Crippen LogP contribution in [-0.2, 0) is 0 Å². The molecule has 3 nitrogen and oxygen atoms in total. The topological polar surface area (TPSA) is 30.5 Å². The van der Waals surface area contributed by atoms with Crippen LogP contribution < -0.4 is 14.8 Å². The molecule has 0 atom stereocenters. The van der Waals surface area contributed by atoms with Crippen LogP contribution in [0.1, 0.15) is 11.1 Å². The lowest BCUT2D eigenvalue weighted by atomic mass is 10.0. The third-order valence-electron chi connectivity index (χ3n) is 3.37. The van der Waals surface area contributed by atoms with Crippen LogP contribution in [-0.4, -0.2) is 20.7 Å². The van der Waals surface area contributed by atoms with Gasteiger partial charge in [0.2, 0.25) is 0 Å². The van der Waals surface area contributed by atoms with E-state index in [4.69, 9.17) is 9.47 Å². The molecule has 4 heteroatoms. The van der Waals surface area contributed by atoms with Crippen LogP contribution in [0.15, 0.2) is 42.5 Å². The van der Waals surface area contributed by atoms with Crippen molar-refractivity contribution < 1.29 is 9.47 Å². The number of para-hydroxylation sites is 1. The van der Waals surface area contributed by atoms with Gasteiger partial charge in [0.05, 0.1) is 7.11 Å². The molecule has 0 aliphatic carbocycles. The minimum Gasteiger partial charge on any atom is -0.497 e. The average Bonchev–Trinajstić information content (AvgIpc) is 2.63. The molecule has 0 unspecified atom stereocenters. The Morgan fingerprint density at radius 1 is 1.10 bits per heavy atom. The molecule has 0 spiro atoms. The summed E-state index contributed by atoms with van der Waals surface area (Å²) in [4.78, 5) is 0. The van der Waals surface area contributed by atoms with Crippen LogP contribution in [0.4, 0.5) is 0 Å². The van der Waals surface area contributed by atoms with Gasteiger partial charge in [-0.2, -0.15) is 0 Å². The number of benzene rings is 2. The van der Waals surface area contributed by atoms with E-state index in [9.17, 15) is 0 Å². The molecule has 110 valence electrons. The van der Waals surface area contributed by atoms with Gasteiger partial charge in [-0.15, -0.1) is 12.4 Å². The number of rotatable bonds is 3. The number of hydrogen-bond donors (Lipinski definition) is 1. The Morgan fingerprint density at radius 2 is 1.90 bits per heavy atom. The molecule has 0 fully saturated rings. The van der Waals surface area contributed by atoms with Gasteiger partial charge in [0.1, 0.15) is 17.2 Å². The van der Waals surface area contributed by atoms with Crippen molar-refractivity contribution in [2.24, 2.45) is 0 Å². The fourth-order valence-corrected chi connectivity index (χ4v) is 2.39. The smallest absolute Gasteiger partial charge is 0.135 e. The molecular formula is C17H18ClNO2. The second kappa shape index (κ2) is 6.66. The van der Waals surface area contributed by atoms with E-state index in [1.807, 2.05) is 43.4 Å². The number of ether oxygens (including phenoxy) is 2. The molecule has 2 aromatic rings. The first-order valence-electron chi connectivity index (χ1n) is 6.62. The molecule has 1 aliphatic rings. The third kappa shape index (κ3) is 3.04. The van der Waals surface area contributed by atoms with Crippen LogP contribution in [0.25, 0.3) is 11.6 Å². The summed E-state index contributed by atoms with van der Waals surface area (Å²) < 4.78 is 11.4. The van der Waals surface area contributed by atoms with Gasteiger partial charge in [-0.25, -0.2) is 0 Å². The molecule has 3 rings (SSSR count). The largest absolute Gasteiger partial charge is 0.497 e. The highest BCUT2D eigenvalue weighted by Crippen LogP contribution is 2.39. The minimum absolute atomic E-state index is 0. The van der Waals surface area contributed by atoms with Crippen LogP contribution >= 0.6 is 12.4 Å². The number of halogens is 1. The normalized spacial score (nSPS) is 12.0. The first-order chi connectivity index (χ1) is 9.81. The molecule has 21 heavy (non-hydrogen) atoms. The maximum Gasteiger partial charge on any atom is 0.135 e. The molecule has 0 bridgehead atoms. The van der Waals surface area contributed by atoms with Crippen molar-refractivity contribution in [3.05, 3.63) is 53.6 Å². The van der Waals surface area contributed by atoms with Gasteiger partial charge in [0, 0.05) is 17.7 Å². The molecule has 1 aliphatic heterocycles. The van der Waals surface area contributed by atoms with Gasteiger partial charge in [-0.3, -0.25) is 0 Å². The fourth-order valence-electron chi connectivity index (χ4n) is 2.39. The van der Waals surface area contributed by atoms with Crippen LogP contribution in [0, 0.1) is 0 Å². The predicted molar refractivity (Wildman–Crippen MR) is 88.6 cm³/mol. The van der Waals surface area contributed by atoms with Gasteiger partial charge in [0.15, 0.2) is 0 Å². The van der Waals surface area contributed by atoms with E-state index in [-0.39, 0.29) is 12.4 Å². The summed E-state index contributed by atoms with van der Waals surface area (Å²) in [5.74, 6) is 2.57. The van der Waals surface area contributed by atoms with Crippen molar-refractivity contribution >= 4 is 24.1 Å². The Balaban J connectivity index is 0.00000161. The Labute approximate surface area is 131 Å². The Kier molecular flexibility index (Phi) is 4.89. The second-order valence-electron chi connectivity index (χ2n) is 4.70. The van der Waals surface area contributed by atoms with Gasteiger partial charge in [-0.1, -0.05) is 18.2 Å². The van der Waals surface area contributed by atoms with E-state index < -0.39 is 0 Å². The molecule has 1 N–H and O–H groups in total. The first-order valence-corrected chi connectivity index (χ1v) is 6.62. The SMILES string of the molecule is CNCC1=Cc2ccccc2Oc2ccc(OC)cc21.Cl. The van der Waals surface area contributed by atoms with Crippen LogP contribution in [0.5, 0.6) is 17.2 Å². The van der Waals surface area contributed by atoms with E-state index in [0.29, 0.717) is 0 Å². The van der Waals surface area contributed by atoms with Gasteiger partial charge < -0.3 is 14.8 Å². The molecule has 0 amide bonds. The van der Waals surface area contributed by atoms with E-state index in [2.05, 4.69) is 17.5 Å². The first kappa shape index (κ1) is 15.4. The number of hydrogen-bond acceptors (Lipinski definition) is 3. The van der Waals surface area contributed by atoms with Gasteiger partial charge in [-0.05, 0) is 43.0 Å². The zero-order valence-corrected chi connectivity index (χ0v) is 12.9. The summed E-state index contributed by atoms with van der Waals surface area (Å²) in [6.45, 7) is 0.776. The highest BCUT2D eigenvalue weighted by atomic mass is 35.5. The summed E-state index contributed by atoms with van der Waals surface area (Å²) in [7, 11) is 3.62. The number of methoxy groups -OCH3 is 1. The van der Waals surface area contributed by atoms with Crippen molar-refractivity contribution in [3.63, 3.8) is 0 Å². The standard InChI is InChI=1S/C17H17NO2.ClH/c1-18-11-13-9-12-5-3-4-6-16(12)20-17-8-7-14(19-2)10-15(13)17;/h3-10,18H,11H2,1-2H3;1H. The molecule has 0 saturated heterocycles. The Bertz CT molecular complexity index is 668. The van der Waals surface area contributed by atoms with Crippen molar-refractivity contribution in [1.29, 1.82) is 0 Å². The van der Waals surface area contributed by atoms with Gasteiger partial charge >= 0.3 is 0 Å². The maximum absolute atomic E-state index is 6.04. The van der Waals surface area contributed by atoms with Crippen LogP contribution in [0.2, 0.25) is 0 Å². The molecule has 2 aromatic carbocycles. The van der Waals surface area contributed by atoms with Crippen molar-refractivity contribution in [1.82, 2.24) is 5.32 Å². The average molecular weight is 304 g/mol. The highest BCUT2D eigenvalue weighted by Gasteiger charge is 2.16. The molecule has 0 saturated carbocycles. The maximum atomic E-state index is 6.04. The molecule has 1 heterocycles. The summed E-state index contributed by atoms with van der Waals surface area (Å²) in [5.41, 5.74) is 3.34. The quantitative estimate of drug-likeness (QED) is 0.930. The summed E-state index contributed by atoms with van der Waals surface area (Å²) in [6.07, 6.45) is 2.16. The van der Waals surface area contributed by atoms with Gasteiger partial charge in [0.25, 0.3) is 0 Å². The Hall–Kier alpha value is -1.97. The summed E-state index contributed by atoms with van der Waals surface area (Å²) in [6, 6.07) is 14.0. The van der Waals surface area contributed by atoms with E-state index in [1.54, 1.807) is 7.11 Å². The minimum atomic E-state index is 0. The predicted octanol–water partition coefficient (Wildman–Crippen LogP) is 3.98. The lowest BCUT2D eigenvalue weighted by molar-refractivity contribution is 0.412. The van der Waals surface area contributed by atoms with Crippen molar-refractivity contribution in [3.8, 4) is 17.2 Å².